The quantitative estimate of drug-likeness (QED) is 0.898. The molecular formula is C18H26N2O2. The average molecular weight is 302 g/mol. The van der Waals surface area contributed by atoms with Crippen LogP contribution < -0.4 is 5.73 Å². The van der Waals surface area contributed by atoms with E-state index >= 15 is 0 Å². The Morgan fingerprint density at radius 3 is 2.41 bits per heavy atom. The fourth-order valence-corrected chi connectivity index (χ4v) is 3.89. The molecule has 4 heteroatoms. The summed E-state index contributed by atoms with van der Waals surface area (Å²) < 4.78 is 0. The summed E-state index contributed by atoms with van der Waals surface area (Å²) in [6, 6.07) is 9.86. The second kappa shape index (κ2) is 6.80. The largest absolute Gasteiger partial charge is 0.388 e. The van der Waals surface area contributed by atoms with Crippen LogP contribution in [0, 0.1) is 11.8 Å². The van der Waals surface area contributed by atoms with Gasteiger partial charge in [-0.2, -0.15) is 0 Å². The predicted octanol–water partition coefficient (Wildman–Crippen LogP) is 2.09. The fourth-order valence-electron chi connectivity index (χ4n) is 3.89. The molecule has 22 heavy (non-hydrogen) atoms. The van der Waals surface area contributed by atoms with Gasteiger partial charge in [0.05, 0.1) is 12.0 Å². The second-order valence-corrected chi connectivity index (χ2v) is 6.72. The molecule has 1 amide bonds. The number of carbonyl (C=O) groups is 1. The van der Waals surface area contributed by atoms with Crippen LogP contribution in [0.25, 0.3) is 0 Å². The molecule has 2 aliphatic rings. The van der Waals surface area contributed by atoms with Crippen LogP contribution in [0.2, 0.25) is 0 Å². The van der Waals surface area contributed by atoms with Crippen molar-refractivity contribution < 1.29 is 9.90 Å². The third kappa shape index (κ3) is 3.18. The lowest BCUT2D eigenvalue weighted by Crippen LogP contribution is -2.45. The first-order valence-electron chi connectivity index (χ1n) is 8.44. The lowest BCUT2D eigenvalue weighted by molar-refractivity contribution is -0.137. The number of hydrogen-bond acceptors (Lipinski definition) is 3. The predicted molar refractivity (Wildman–Crippen MR) is 86.0 cm³/mol. The number of likely N-dealkylation sites (tertiary alicyclic amines) is 1. The van der Waals surface area contributed by atoms with Crippen molar-refractivity contribution in [1.82, 2.24) is 4.90 Å². The maximum absolute atomic E-state index is 12.5. The molecule has 0 bridgehead atoms. The van der Waals surface area contributed by atoms with Crippen molar-refractivity contribution in [3.05, 3.63) is 35.9 Å². The zero-order valence-electron chi connectivity index (χ0n) is 13.0. The first-order valence-corrected chi connectivity index (χ1v) is 8.44. The van der Waals surface area contributed by atoms with Crippen LogP contribution in [0.5, 0.6) is 0 Å². The number of piperidine rings is 1. The number of amides is 1. The number of aliphatic hydroxyl groups is 1. The summed E-state index contributed by atoms with van der Waals surface area (Å²) in [6.45, 7) is 1.49. The summed E-state index contributed by atoms with van der Waals surface area (Å²) in [5.41, 5.74) is 7.03. The Bertz CT molecular complexity index is 497. The highest BCUT2D eigenvalue weighted by atomic mass is 16.3. The van der Waals surface area contributed by atoms with Crippen molar-refractivity contribution in [3.8, 4) is 0 Å². The third-order valence-corrected chi connectivity index (χ3v) is 5.33. The molecule has 2 fully saturated rings. The standard InChI is InChI=1S/C18H26N2O2/c19-16-8-4-7-15(16)18(22)20-11-9-14(10-12-20)17(21)13-5-2-1-3-6-13/h1-3,5-6,14-17,21H,4,7-12,19H2. The van der Waals surface area contributed by atoms with E-state index in [4.69, 9.17) is 5.73 Å². The Morgan fingerprint density at radius 1 is 1.14 bits per heavy atom. The van der Waals surface area contributed by atoms with Gasteiger partial charge in [-0.05, 0) is 37.2 Å². The molecule has 120 valence electrons. The van der Waals surface area contributed by atoms with Crippen molar-refractivity contribution in [3.63, 3.8) is 0 Å². The zero-order chi connectivity index (χ0) is 15.5. The maximum Gasteiger partial charge on any atom is 0.227 e. The van der Waals surface area contributed by atoms with E-state index in [0.717, 1.165) is 50.8 Å². The van der Waals surface area contributed by atoms with Gasteiger partial charge < -0.3 is 15.7 Å². The monoisotopic (exact) mass is 302 g/mol. The van der Waals surface area contributed by atoms with E-state index in [1.165, 1.54) is 0 Å². The summed E-state index contributed by atoms with van der Waals surface area (Å²) in [4.78, 5) is 14.5. The minimum absolute atomic E-state index is 0.0237. The number of carbonyl (C=O) groups excluding carboxylic acids is 1. The van der Waals surface area contributed by atoms with E-state index in [1.807, 2.05) is 35.2 Å². The molecule has 3 unspecified atom stereocenters. The van der Waals surface area contributed by atoms with Crippen LogP contribution in [0.1, 0.15) is 43.8 Å². The average Bonchev–Trinajstić information content (AvgIpc) is 3.00. The van der Waals surface area contributed by atoms with E-state index in [1.54, 1.807) is 0 Å². The highest BCUT2D eigenvalue weighted by Gasteiger charge is 2.35. The Morgan fingerprint density at radius 2 is 1.82 bits per heavy atom. The van der Waals surface area contributed by atoms with Gasteiger partial charge in [0.1, 0.15) is 0 Å². The first kappa shape index (κ1) is 15.5. The van der Waals surface area contributed by atoms with Gasteiger partial charge in [-0.3, -0.25) is 4.79 Å². The Labute approximate surface area is 132 Å². The molecule has 4 nitrogen and oxygen atoms in total. The molecule has 1 aliphatic carbocycles. The normalized spacial score (nSPS) is 27.8. The van der Waals surface area contributed by atoms with Crippen molar-refractivity contribution in [2.75, 3.05) is 13.1 Å². The topological polar surface area (TPSA) is 66.6 Å². The van der Waals surface area contributed by atoms with Crippen LogP contribution in [0.15, 0.2) is 30.3 Å². The van der Waals surface area contributed by atoms with E-state index in [2.05, 4.69) is 0 Å². The molecule has 1 aliphatic heterocycles. The molecular weight excluding hydrogens is 276 g/mol. The lowest BCUT2D eigenvalue weighted by Gasteiger charge is -2.36. The summed E-state index contributed by atoms with van der Waals surface area (Å²) in [6.07, 6.45) is 4.28. The molecule has 1 saturated carbocycles. The Hall–Kier alpha value is -1.39. The minimum atomic E-state index is -0.424. The summed E-state index contributed by atoms with van der Waals surface area (Å²) in [5, 5.41) is 10.5. The van der Waals surface area contributed by atoms with Gasteiger partial charge >= 0.3 is 0 Å². The summed E-state index contributed by atoms with van der Waals surface area (Å²) in [5.74, 6) is 0.497. The highest BCUT2D eigenvalue weighted by Crippen LogP contribution is 2.32. The summed E-state index contributed by atoms with van der Waals surface area (Å²) >= 11 is 0. The summed E-state index contributed by atoms with van der Waals surface area (Å²) in [7, 11) is 0. The van der Waals surface area contributed by atoms with E-state index < -0.39 is 6.10 Å². The number of nitrogens with two attached hydrogens (primary N) is 1. The molecule has 0 radical (unpaired) electrons. The number of hydrogen-bond donors (Lipinski definition) is 2. The fraction of sp³-hybridized carbons (Fsp3) is 0.611. The van der Waals surface area contributed by atoms with E-state index in [0.29, 0.717) is 0 Å². The van der Waals surface area contributed by atoms with Gasteiger partial charge in [-0.15, -0.1) is 0 Å². The lowest BCUT2D eigenvalue weighted by atomic mass is 9.87. The van der Waals surface area contributed by atoms with Crippen LogP contribution in [-0.4, -0.2) is 35.0 Å². The van der Waals surface area contributed by atoms with E-state index in [-0.39, 0.29) is 23.8 Å². The van der Waals surface area contributed by atoms with Crippen molar-refractivity contribution in [1.29, 1.82) is 0 Å². The molecule has 0 spiro atoms. The van der Waals surface area contributed by atoms with Crippen LogP contribution in [-0.2, 0) is 4.79 Å². The molecule has 1 aromatic carbocycles. The molecule has 1 heterocycles. The van der Waals surface area contributed by atoms with Gasteiger partial charge in [0.25, 0.3) is 0 Å². The van der Waals surface area contributed by atoms with E-state index in [9.17, 15) is 9.90 Å². The first-order chi connectivity index (χ1) is 10.7. The number of rotatable bonds is 3. The van der Waals surface area contributed by atoms with Crippen LogP contribution in [0.3, 0.4) is 0 Å². The van der Waals surface area contributed by atoms with Gasteiger partial charge in [0, 0.05) is 19.1 Å². The molecule has 1 aromatic rings. The van der Waals surface area contributed by atoms with Crippen molar-refractivity contribution in [2.45, 2.75) is 44.2 Å². The van der Waals surface area contributed by atoms with Crippen molar-refractivity contribution in [2.24, 2.45) is 17.6 Å². The number of benzene rings is 1. The molecule has 3 N–H and O–H groups in total. The smallest absolute Gasteiger partial charge is 0.227 e. The second-order valence-electron chi connectivity index (χ2n) is 6.72. The van der Waals surface area contributed by atoms with Gasteiger partial charge in [0.15, 0.2) is 0 Å². The Kier molecular flexibility index (Phi) is 4.79. The van der Waals surface area contributed by atoms with Crippen LogP contribution in [0.4, 0.5) is 0 Å². The third-order valence-electron chi connectivity index (χ3n) is 5.33. The molecule has 1 saturated heterocycles. The molecule has 3 atom stereocenters. The highest BCUT2D eigenvalue weighted by molar-refractivity contribution is 5.80. The van der Waals surface area contributed by atoms with Crippen molar-refractivity contribution >= 4 is 5.91 Å². The molecule has 3 rings (SSSR count). The SMILES string of the molecule is NC1CCCC1C(=O)N1CCC(C(O)c2ccccc2)CC1. The van der Waals surface area contributed by atoms with Gasteiger partial charge in [-0.25, -0.2) is 0 Å². The zero-order valence-corrected chi connectivity index (χ0v) is 13.0. The van der Waals surface area contributed by atoms with Gasteiger partial charge in [0.2, 0.25) is 5.91 Å². The molecule has 0 aromatic heterocycles. The number of aliphatic hydroxyl groups excluding tert-OH is 1. The van der Waals surface area contributed by atoms with Crippen LogP contribution >= 0.6 is 0 Å². The van der Waals surface area contributed by atoms with Gasteiger partial charge in [-0.1, -0.05) is 36.8 Å². The number of nitrogens with zero attached hydrogens (tertiary/aromatic N) is 1. The maximum atomic E-state index is 12.5. The Balaban J connectivity index is 1.55. The minimum Gasteiger partial charge on any atom is -0.388 e.